The lowest BCUT2D eigenvalue weighted by Crippen LogP contribution is -2.14. The van der Waals surface area contributed by atoms with E-state index in [2.05, 4.69) is 10.6 Å². The van der Waals surface area contributed by atoms with Crippen LogP contribution in [0.3, 0.4) is 0 Å². The molecule has 4 aromatic carbocycles. The fraction of sp³-hybridized carbons (Fsp3) is 0.133. The Hall–Kier alpha value is -4.58. The van der Waals surface area contributed by atoms with Crippen molar-refractivity contribution in [3.63, 3.8) is 0 Å². The lowest BCUT2D eigenvalue weighted by Gasteiger charge is -2.10. The summed E-state index contributed by atoms with van der Waals surface area (Å²) in [6.07, 6.45) is 0.974. The molecule has 0 saturated heterocycles. The molecule has 0 saturated carbocycles. The van der Waals surface area contributed by atoms with Gasteiger partial charge in [0.1, 0.15) is 11.5 Å². The van der Waals surface area contributed by atoms with E-state index >= 15 is 0 Å². The van der Waals surface area contributed by atoms with Gasteiger partial charge in [0, 0.05) is 16.9 Å². The average Bonchev–Trinajstić information content (AvgIpc) is 2.91. The molecule has 2 amide bonds. The zero-order chi connectivity index (χ0) is 25.3. The summed E-state index contributed by atoms with van der Waals surface area (Å²) < 4.78 is 10.6. The van der Waals surface area contributed by atoms with Crippen LogP contribution in [0.5, 0.6) is 11.5 Å². The molecule has 0 bridgehead atoms. The third kappa shape index (κ3) is 6.30. The van der Waals surface area contributed by atoms with Gasteiger partial charge in [-0.25, -0.2) is 0 Å². The van der Waals surface area contributed by atoms with Crippen molar-refractivity contribution in [2.75, 3.05) is 24.9 Å². The molecule has 0 aliphatic rings. The number of benzene rings is 4. The van der Waals surface area contributed by atoms with Gasteiger partial charge in [-0.05, 0) is 60.0 Å². The van der Waals surface area contributed by atoms with Gasteiger partial charge >= 0.3 is 0 Å². The predicted molar refractivity (Wildman–Crippen MR) is 142 cm³/mol. The van der Waals surface area contributed by atoms with E-state index in [9.17, 15) is 9.59 Å². The van der Waals surface area contributed by atoms with Crippen molar-refractivity contribution in [2.24, 2.45) is 0 Å². The van der Waals surface area contributed by atoms with Crippen LogP contribution in [0, 0.1) is 0 Å². The Labute approximate surface area is 210 Å². The summed E-state index contributed by atoms with van der Waals surface area (Å²) in [6, 6.07) is 30.2. The summed E-state index contributed by atoms with van der Waals surface area (Å²) in [5.74, 6) is 0.918. The van der Waals surface area contributed by atoms with Crippen LogP contribution in [0.2, 0.25) is 0 Å². The molecular weight excluding hydrogens is 452 g/mol. The Morgan fingerprint density at radius 2 is 1.17 bits per heavy atom. The molecule has 0 spiro atoms. The fourth-order valence-electron chi connectivity index (χ4n) is 3.91. The van der Waals surface area contributed by atoms with Gasteiger partial charge in [0.05, 0.1) is 26.2 Å². The number of carbonyl (C=O) groups is 2. The van der Waals surface area contributed by atoms with Gasteiger partial charge in [-0.15, -0.1) is 0 Å². The minimum Gasteiger partial charge on any atom is -0.496 e. The second-order valence-corrected chi connectivity index (χ2v) is 8.26. The lowest BCUT2D eigenvalue weighted by molar-refractivity contribution is -0.115. The zero-order valence-corrected chi connectivity index (χ0v) is 20.3. The molecule has 4 rings (SSSR count). The molecule has 0 heterocycles. The number of rotatable bonds is 9. The highest BCUT2D eigenvalue weighted by atomic mass is 16.5. The average molecular weight is 481 g/mol. The summed E-state index contributed by atoms with van der Waals surface area (Å²) in [5.41, 5.74) is 5.01. The van der Waals surface area contributed by atoms with Gasteiger partial charge in [0.15, 0.2) is 0 Å². The summed E-state index contributed by atoms with van der Waals surface area (Å²) in [5, 5.41) is 5.84. The monoisotopic (exact) mass is 480 g/mol. The molecule has 182 valence electrons. The molecule has 0 aliphatic heterocycles. The molecule has 36 heavy (non-hydrogen) atoms. The summed E-state index contributed by atoms with van der Waals surface area (Å²) >= 11 is 0. The van der Waals surface area contributed by atoms with Crippen molar-refractivity contribution in [2.45, 2.75) is 12.8 Å². The fourth-order valence-corrected chi connectivity index (χ4v) is 3.91. The predicted octanol–water partition coefficient (Wildman–Crippen LogP) is 5.73. The number of carbonyl (C=O) groups excluding carboxylic acids is 2. The summed E-state index contributed by atoms with van der Waals surface area (Å²) in [4.78, 5) is 25.0. The minimum absolute atomic E-state index is 0.0991. The van der Waals surface area contributed by atoms with Crippen LogP contribution in [0.25, 0.3) is 0 Å². The molecule has 2 N–H and O–H groups in total. The van der Waals surface area contributed by atoms with Crippen LogP contribution in [0.4, 0.5) is 11.4 Å². The van der Waals surface area contributed by atoms with Crippen LogP contribution in [-0.2, 0) is 17.6 Å². The Kier molecular flexibility index (Phi) is 7.98. The number of nitrogens with one attached hydrogen (secondary N) is 2. The van der Waals surface area contributed by atoms with Crippen molar-refractivity contribution in [1.82, 2.24) is 0 Å². The summed E-state index contributed by atoms with van der Waals surface area (Å²) in [6.45, 7) is 0. The van der Waals surface area contributed by atoms with Gasteiger partial charge in [-0.3, -0.25) is 9.59 Å². The van der Waals surface area contributed by atoms with Gasteiger partial charge < -0.3 is 20.1 Å². The number of ether oxygens (including phenoxy) is 2. The highest BCUT2D eigenvalue weighted by Gasteiger charge is 2.12. The molecule has 0 radical (unpaired) electrons. The second-order valence-electron chi connectivity index (χ2n) is 8.26. The highest BCUT2D eigenvalue weighted by molar-refractivity contribution is 6.06. The van der Waals surface area contributed by atoms with Crippen LogP contribution in [-0.4, -0.2) is 26.0 Å². The lowest BCUT2D eigenvalue weighted by atomic mass is 10.0. The number of hydrogen-bond donors (Lipinski definition) is 2. The number of hydrogen-bond acceptors (Lipinski definition) is 4. The maximum Gasteiger partial charge on any atom is 0.259 e. The van der Waals surface area contributed by atoms with Crippen molar-refractivity contribution in [1.29, 1.82) is 0 Å². The molecule has 6 heteroatoms. The van der Waals surface area contributed by atoms with E-state index < -0.39 is 0 Å². The van der Waals surface area contributed by atoms with E-state index in [0.29, 0.717) is 22.7 Å². The number of para-hydroxylation sites is 2. The van der Waals surface area contributed by atoms with E-state index in [0.717, 1.165) is 28.8 Å². The maximum absolute atomic E-state index is 12.6. The largest absolute Gasteiger partial charge is 0.496 e. The standard InChI is InChI=1S/C30H28N2O4/c1-35-27-9-5-3-7-23(27)20-29(33)31-24-15-11-21(12-16-24)19-22-13-17-25(18-14-22)32-30(34)26-8-4-6-10-28(26)36-2/h3-18H,19-20H2,1-2H3,(H,31,33)(H,32,34). The first-order chi connectivity index (χ1) is 17.6. The van der Waals surface area contributed by atoms with Crippen LogP contribution < -0.4 is 20.1 Å². The van der Waals surface area contributed by atoms with Crippen LogP contribution >= 0.6 is 0 Å². The Balaban J connectivity index is 1.32. The van der Waals surface area contributed by atoms with Crippen molar-refractivity contribution in [3.05, 3.63) is 119 Å². The molecule has 4 aromatic rings. The normalized spacial score (nSPS) is 10.4. The Morgan fingerprint density at radius 3 is 1.78 bits per heavy atom. The number of anilines is 2. The van der Waals surface area contributed by atoms with Gasteiger partial charge in [0.2, 0.25) is 5.91 Å². The van der Waals surface area contributed by atoms with Crippen molar-refractivity contribution < 1.29 is 19.1 Å². The minimum atomic E-state index is -0.219. The molecule has 0 atom stereocenters. The molecular formula is C30H28N2O4. The molecule has 0 aromatic heterocycles. The van der Waals surface area contributed by atoms with Crippen molar-refractivity contribution >= 4 is 23.2 Å². The SMILES string of the molecule is COc1ccccc1CC(=O)Nc1ccc(Cc2ccc(NC(=O)c3ccccc3OC)cc2)cc1. The quantitative estimate of drug-likeness (QED) is 0.321. The topological polar surface area (TPSA) is 76.7 Å². The number of amides is 2. The van der Waals surface area contributed by atoms with Gasteiger partial charge in [-0.1, -0.05) is 54.6 Å². The van der Waals surface area contributed by atoms with E-state index in [-0.39, 0.29) is 18.2 Å². The number of methoxy groups -OCH3 is 2. The van der Waals surface area contributed by atoms with Gasteiger partial charge in [-0.2, -0.15) is 0 Å². The first-order valence-corrected chi connectivity index (χ1v) is 11.6. The first kappa shape index (κ1) is 24.5. The van der Waals surface area contributed by atoms with Crippen LogP contribution in [0.15, 0.2) is 97.1 Å². The first-order valence-electron chi connectivity index (χ1n) is 11.6. The van der Waals surface area contributed by atoms with E-state index in [4.69, 9.17) is 9.47 Å². The maximum atomic E-state index is 12.6. The third-order valence-electron chi connectivity index (χ3n) is 5.75. The molecule has 6 nitrogen and oxygen atoms in total. The second kappa shape index (κ2) is 11.7. The Morgan fingerprint density at radius 1 is 0.639 bits per heavy atom. The third-order valence-corrected chi connectivity index (χ3v) is 5.75. The van der Waals surface area contributed by atoms with Crippen molar-refractivity contribution in [3.8, 4) is 11.5 Å². The van der Waals surface area contributed by atoms with E-state index in [1.807, 2.05) is 78.9 Å². The molecule has 0 aliphatic carbocycles. The van der Waals surface area contributed by atoms with Gasteiger partial charge in [0.25, 0.3) is 5.91 Å². The Bertz CT molecular complexity index is 1330. The molecule has 0 fully saturated rings. The highest BCUT2D eigenvalue weighted by Crippen LogP contribution is 2.21. The van der Waals surface area contributed by atoms with Crippen LogP contribution in [0.1, 0.15) is 27.0 Å². The van der Waals surface area contributed by atoms with E-state index in [1.165, 1.54) is 0 Å². The summed E-state index contributed by atoms with van der Waals surface area (Å²) in [7, 11) is 3.14. The smallest absolute Gasteiger partial charge is 0.259 e. The van der Waals surface area contributed by atoms with E-state index in [1.54, 1.807) is 32.4 Å². The molecule has 0 unspecified atom stereocenters. The zero-order valence-electron chi connectivity index (χ0n) is 20.3.